The summed E-state index contributed by atoms with van der Waals surface area (Å²) in [4.78, 5) is -0.794. The molecule has 4 nitrogen and oxygen atoms in total. The number of nitrogens with one attached hydrogen (secondary N) is 2. The molecule has 1 aliphatic heterocycles. The number of hydrogen-bond acceptors (Lipinski definition) is 3. The largest absolute Gasteiger partial charge is 0.417 e. The van der Waals surface area contributed by atoms with Crippen molar-refractivity contribution in [3.05, 3.63) is 28.8 Å². The van der Waals surface area contributed by atoms with Gasteiger partial charge in [-0.2, -0.15) is 13.2 Å². The van der Waals surface area contributed by atoms with Crippen molar-refractivity contribution in [2.75, 3.05) is 13.1 Å². The van der Waals surface area contributed by atoms with Gasteiger partial charge in [0.05, 0.1) is 10.5 Å². The zero-order valence-corrected chi connectivity index (χ0v) is 13.7. The molecule has 0 unspecified atom stereocenters. The van der Waals surface area contributed by atoms with Gasteiger partial charge < -0.3 is 5.32 Å². The fourth-order valence-corrected chi connectivity index (χ4v) is 3.87. The Kier molecular flexibility index (Phi) is 6.52. The fourth-order valence-electron chi connectivity index (χ4n) is 2.18. The van der Waals surface area contributed by atoms with Crippen LogP contribution in [-0.4, -0.2) is 27.5 Å². The average Bonchev–Trinajstić information content (AvgIpc) is 2.38. The van der Waals surface area contributed by atoms with Crippen LogP contribution >= 0.6 is 24.0 Å². The first-order valence-corrected chi connectivity index (χ1v) is 8.16. The lowest BCUT2D eigenvalue weighted by Gasteiger charge is -2.24. The second kappa shape index (κ2) is 7.35. The Morgan fingerprint density at radius 3 is 2.36 bits per heavy atom. The summed E-state index contributed by atoms with van der Waals surface area (Å²) in [6.45, 7) is 1.25. The second-order valence-electron chi connectivity index (χ2n) is 4.78. The minimum Gasteiger partial charge on any atom is -0.317 e. The zero-order valence-electron chi connectivity index (χ0n) is 11.3. The summed E-state index contributed by atoms with van der Waals surface area (Å²) in [7, 11) is -4.25. The van der Waals surface area contributed by atoms with Crippen LogP contribution in [0, 0.1) is 0 Å². The Bertz CT molecular complexity index is 617. The van der Waals surface area contributed by atoms with Crippen LogP contribution in [0.1, 0.15) is 18.4 Å². The molecule has 126 valence electrons. The highest BCUT2D eigenvalue weighted by Gasteiger charge is 2.38. The van der Waals surface area contributed by atoms with Gasteiger partial charge in [-0.25, -0.2) is 13.1 Å². The summed E-state index contributed by atoms with van der Waals surface area (Å²) < 4.78 is 65.7. The van der Waals surface area contributed by atoms with Crippen LogP contribution in [0.3, 0.4) is 0 Å². The number of alkyl halides is 3. The summed E-state index contributed by atoms with van der Waals surface area (Å²) in [5.74, 6) is 0. The van der Waals surface area contributed by atoms with Gasteiger partial charge in [-0.1, -0.05) is 11.6 Å². The van der Waals surface area contributed by atoms with Crippen molar-refractivity contribution in [2.45, 2.75) is 30.0 Å². The first-order valence-electron chi connectivity index (χ1n) is 6.30. The van der Waals surface area contributed by atoms with E-state index >= 15 is 0 Å². The van der Waals surface area contributed by atoms with E-state index < -0.39 is 26.7 Å². The van der Waals surface area contributed by atoms with Crippen LogP contribution in [0.4, 0.5) is 13.2 Å². The summed E-state index contributed by atoms with van der Waals surface area (Å²) in [5.41, 5.74) is -1.25. The molecule has 1 fully saturated rings. The van der Waals surface area contributed by atoms with E-state index in [4.69, 9.17) is 11.6 Å². The van der Waals surface area contributed by atoms with Gasteiger partial charge in [-0.3, -0.25) is 0 Å². The lowest BCUT2D eigenvalue weighted by atomic mass is 10.1. The van der Waals surface area contributed by atoms with Crippen LogP contribution in [0.15, 0.2) is 23.1 Å². The van der Waals surface area contributed by atoms with Crippen molar-refractivity contribution in [3.8, 4) is 0 Å². The quantitative estimate of drug-likeness (QED) is 0.849. The van der Waals surface area contributed by atoms with Crippen LogP contribution in [0.5, 0.6) is 0 Å². The van der Waals surface area contributed by atoms with Gasteiger partial charge >= 0.3 is 6.18 Å². The first-order chi connectivity index (χ1) is 9.70. The average molecular weight is 379 g/mol. The molecule has 0 bridgehead atoms. The molecule has 10 heteroatoms. The van der Waals surface area contributed by atoms with Gasteiger partial charge in [0.2, 0.25) is 10.0 Å². The molecule has 2 rings (SSSR count). The lowest BCUT2D eigenvalue weighted by molar-refractivity contribution is -0.139. The standard InChI is InChI=1S/C12H14ClF3N2O2S.ClH/c13-8-1-2-11(10(7-8)12(14,15)16)21(19,20)18-9-3-5-17-6-4-9;/h1-2,7,9,17-18H,3-6H2;1H. The van der Waals surface area contributed by atoms with E-state index in [1.165, 1.54) is 0 Å². The molecule has 1 aliphatic rings. The van der Waals surface area contributed by atoms with Gasteiger partial charge in [-0.05, 0) is 44.1 Å². The molecule has 0 aliphatic carbocycles. The van der Waals surface area contributed by atoms with E-state index in [-0.39, 0.29) is 23.5 Å². The normalized spacial score (nSPS) is 17.1. The molecule has 0 aromatic heterocycles. The maximum Gasteiger partial charge on any atom is 0.417 e. The number of benzene rings is 1. The van der Waals surface area contributed by atoms with Crippen molar-refractivity contribution in [2.24, 2.45) is 0 Å². The Balaban J connectivity index is 0.00000242. The van der Waals surface area contributed by atoms with Gasteiger partial charge in [0.15, 0.2) is 0 Å². The van der Waals surface area contributed by atoms with E-state index in [9.17, 15) is 21.6 Å². The molecule has 22 heavy (non-hydrogen) atoms. The van der Waals surface area contributed by atoms with E-state index in [1.807, 2.05) is 0 Å². The second-order valence-corrected chi connectivity index (χ2v) is 6.90. The molecule has 2 N–H and O–H groups in total. The lowest BCUT2D eigenvalue weighted by Crippen LogP contribution is -2.43. The molecule has 1 heterocycles. The van der Waals surface area contributed by atoms with Crippen LogP contribution in [0.25, 0.3) is 0 Å². The van der Waals surface area contributed by atoms with Crippen molar-refractivity contribution in [1.82, 2.24) is 10.0 Å². The monoisotopic (exact) mass is 378 g/mol. The van der Waals surface area contributed by atoms with Gasteiger partial charge in [-0.15, -0.1) is 12.4 Å². The molecule has 1 aromatic carbocycles. The molecule has 1 aromatic rings. The number of halogens is 5. The van der Waals surface area contributed by atoms with Crippen molar-refractivity contribution < 1.29 is 21.6 Å². The summed E-state index contributed by atoms with van der Waals surface area (Å²) in [6.07, 6.45) is -3.72. The van der Waals surface area contributed by atoms with Crippen LogP contribution < -0.4 is 10.0 Å². The molecule has 0 radical (unpaired) electrons. The summed E-state index contributed by atoms with van der Waals surface area (Å²) >= 11 is 5.54. The third-order valence-corrected chi connectivity index (χ3v) is 5.01. The maximum atomic E-state index is 13.0. The minimum atomic E-state index is -4.79. The van der Waals surface area contributed by atoms with Crippen molar-refractivity contribution in [1.29, 1.82) is 0 Å². The predicted molar refractivity (Wildman–Crippen MR) is 79.9 cm³/mol. The molecular formula is C12H15Cl2F3N2O2S. The van der Waals surface area contributed by atoms with E-state index in [0.29, 0.717) is 32.0 Å². The third-order valence-electron chi connectivity index (χ3n) is 3.20. The van der Waals surface area contributed by atoms with Gasteiger partial charge in [0.25, 0.3) is 0 Å². The van der Waals surface area contributed by atoms with E-state index in [2.05, 4.69) is 10.0 Å². The van der Waals surface area contributed by atoms with Gasteiger partial charge in [0, 0.05) is 11.1 Å². The Hall–Kier alpha value is -0.540. The van der Waals surface area contributed by atoms with Crippen LogP contribution in [0.2, 0.25) is 5.02 Å². The Morgan fingerprint density at radius 1 is 1.23 bits per heavy atom. The Labute approximate surface area is 137 Å². The van der Waals surface area contributed by atoms with E-state index in [0.717, 1.165) is 12.1 Å². The van der Waals surface area contributed by atoms with Crippen molar-refractivity contribution >= 4 is 34.0 Å². The third kappa shape index (κ3) is 4.73. The van der Waals surface area contributed by atoms with Gasteiger partial charge in [0.1, 0.15) is 0 Å². The topological polar surface area (TPSA) is 58.2 Å². The number of sulfonamides is 1. The predicted octanol–water partition coefficient (Wildman–Crippen LogP) is 2.81. The van der Waals surface area contributed by atoms with E-state index in [1.54, 1.807) is 0 Å². The molecule has 0 amide bonds. The number of rotatable bonds is 3. The highest BCUT2D eigenvalue weighted by atomic mass is 35.5. The number of piperidine rings is 1. The first kappa shape index (κ1) is 19.5. The Morgan fingerprint density at radius 2 is 1.82 bits per heavy atom. The molecule has 0 saturated carbocycles. The summed E-state index contributed by atoms with van der Waals surface area (Å²) in [5, 5.41) is 2.89. The zero-order chi connectivity index (χ0) is 15.7. The summed E-state index contributed by atoms with van der Waals surface area (Å²) in [6, 6.07) is 2.27. The van der Waals surface area contributed by atoms with Crippen LogP contribution in [-0.2, 0) is 16.2 Å². The maximum absolute atomic E-state index is 13.0. The highest BCUT2D eigenvalue weighted by Crippen LogP contribution is 2.35. The molecular weight excluding hydrogens is 364 g/mol. The smallest absolute Gasteiger partial charge is 0.317 e. The SMILES string of the molecule is Cl.O=S(=O)(NC1CCNCC1)c1ccc(Cl)cc1C(F)(F)F. The number of hydrogen-bond donors (Lipinski definition) is 2. The molecule has 0 spiro atoms. The highest BCUT2D eigenvalue weighted by molar-refractivity contribution is 7.89. The minimum absolute atomic E-state index is 0. The molecule has 0 atom stereocenters. The fraction of sp³-hybridized carbons (Fsp3) is 0.500. The molecule has 1 saturated heterocycles. The van der Waals surface area contributed by atoms with Crippen molar-refractivity contribution in [3.63, 3.8) is 0 Å².